The molecule has 0 heterocycles. The van der Waals surface area contributed by atoms with Crippen LogP contribution in [0.2, 0.25) is 0 Å². The Morgan fingerprint density at radius 1 is 1.31 bits per heavy atom. The summed E-state index contributed by atoms with van der Waals surface area (Å²) < 4.78 is 4.73. The molecule has 3 nitrogen and oxygen atoms in total. The molecule has 0 atom stereocenters. The molecule has 0 aromatic heterocycles. The third-order valence-corrected chi connectivity index (χ3v) is 3.70. The minimum atomic E-state index is -0.102. The van der Waals surface area contributed by atoms with Crippen molar-refractivity contribution in [2.45, 2.75) is 52.0 Å². The van der Waals surface area contributed by atoms with Gasteiger partial charge in [-0.25, -0.2) is 0 Å². The van der Waals surface area contributed by atoms with Gasteiger partial charge in [-0.3, -0.25) is 4.79 Å². The SMILES string of the molecule is COC(=O)CC(C)(C)C1CCC(N)CC1.Cl. The normalized spacial score (nSPS) is 25.8. The molecule has 0 saturated heterocycles. The highest BCUT2D eigenvalue weighted by molar-refractivity contribution is 5.85. The molecule has 96 valence electrons. The predicted octanol–water partition coefficient (Wildman–Crippen LogP) is 2.52. The Balaban J connectivity index is 0.00000225. The number of hydrogen-bond acceptors (Lipinski definition) is 3. The molecule has 2 N–H and O–H groups in total. The first-order chi connectivity index (χ1) is 6.95. The zero-order chi connectivity index (χ0) is 11.5. The predicted molar refractivity (Wildman–Crippen MR) is 67.6 cm³/mol. The maximum absolute atomic E-state index is 11.3. The van der Waals surface area contributed by atoms with Gasteiger partial charge in [0, 0.05) is 6.04 Å². The first-order valence-corrected chi connectivity index (χ1v) is 5.78. The fourth-order valence-electron chi connectivity index (χ4n) is 2.49. The Labute approximate surface area is 105 Å². The molecule has 0 radical (unpaired) electrons. The molecule has 1 aliphatic carbocycles. The summed E-state index contributed by atoms with van der Waals surface area (Å²) in [4.78, 5) is 11.3. The Kier molecular flexibility index (Phi) is 6.34. The largest absolute Gasteiger partial charge is 0.469 e. The zero-order valence-electron chi connectivity index (χ0n) is 10.5. The quantitative estimate of drug-likeness (QED) is 0.782. The summed E-state index contributed by atoms with van der Waals surface area (Å²) >= 11 is 0. The summed E-state index contributed by atoms with van der Waals surface area (Å²) in [6.45, 7) is 4.32. The van der Waals surface area contributed by atoms with Crippen LogP contribution in [0.3, 0.4) is 0 Å². The van der Waals surface area contributed by atoms with Crippen LogP contribution in [0.5, 0.6) is 0 Å². The van der Waals surface area contributed by atoms with Crippen LogP contribution >= 0.6 is 12.4 Å². The Morgan fingerprint density at radius 2 is 1.81 bits per heavy atom. The number of carbonyl (C=O) groups excluding carboxylic acids is 1. The van der Waals surface area contributed by atoms with E-state index in [-0.39, 0.29) is 23.8 Å². The summed E-state index contributed by atoms with van der Waals surface area (Å²) in [5.74, 6) is 0.506. The number of halogens is 1. The molecule has 1 saturated carbocycles. The summed E-state index contributed by atoms with van der Waals surface area (Å²) in [6, 6.07) is 0.371. The van der Waals surface area contributed by atoms with Crippen molar-refractivity contribution in [1.29, 1.82) is 0 Å². The van der Waals surface area contributed by atoms with E-state index in [1.54, 1.807) is 0 Å². The monoisotopic (exact) mass is 249 g/mol. The van der Waals surface area contributed by atoms with Crippen molar-refractivity contribution in [3.05, 3.63) is 0 Å². The first kappa shape index (κ1) is 15.7. The van der Waals surface area contributed by atoms with E-state index in [9.17, 15) is 4.79 Å². The van der Waals surface area contributed by atoms with Gasteiger partial charge in [0.05, 0.1) is 13.5 Å². The maximum Gasteiger partial charge on any atom is 0.306 e. The van der Waals surface area contributed by atoms with Gasteiger partial charge in [-0.05, 0) is 37.0 Å². The van der Waals surface area contributed by atoms with E-state index in [1.807, 2.05) is 0 Å². The van der Waals surface area contributed by atoms with E-state index >= 15 is 0 Å². The van der Waals surface area contributed by atoms with Crippen LogP contribution in [0.25, 0.3) is 0 Å². The number of rotatable bonds is 3. The molecule has 0 unspecified atom stereocenters. The van der Waals surface area contributed by atoms with E-state index in [0.29, 0.717) is 18.4 Å². The van der Waals surface area contributed by atoms with Gasteiger partial charge in [0.15, 0.2) is 0 Å². The van der Waals surface area contributed by atoms with Gasteiger partial charge in [-0.15, -0.1) is 12.4 Å². The highest BCUT2D eigenvalue weighted by atomic mass is 35.5. The second kappa shape index (κ2) is 6.45. The van der Waals surface area contributed by atoms with Crippen molar-refractivity contribution in [3.63, 3.8) is 0 Å². The minimum Gasteiger partial charge on any atom is -0.469 e. The fourth-order valence-corrected chi connectivity index (χ4v) is 2.49. The van der Waals surface area contributed by atoms with Gasteiger partial charge in [0.25, 0.3) is 0 Å². The summed E-state index contributed by atoms with van der Waals surface area (Å²) in [5.41, 5.74) is 5.92. The lowest BCUT2D eigenvalue weighted by atomic mass is 9.68. The summed E-state index contributed by atoms with van der Waals surface area (Å²) in [7, 11) is 1.45. The van der Waals surface area contributed by atoms with Gasteiger partial charge >= 0.3 is 5.97 Å². The number of carbonyl (C=O) groups is 1. The maximum atomic E-state index is 11.3. The van der Waals surface area contributed by atoms with Gasteiger partial charge in [-0.2, -0.15) is 0 Å². The third-order valence-electron chi connectivity index (χ3n) is 3.70. The average molecular weight is 250 g/mol. The first-order valence-electron chi connectivity index (χ1n) is 5.78. The number of hydrogen-bond donors (Lipinski definition) is 1. The third kappa shape index (κ3) is 4.30. The molecule has 0 aromatic rings. The van der Waals surface area contributed by atoms with Crippen molar-refractivity contribution in [2.24, 2.45) is 17.1 Å². The molecule has 0 bridgehead atoms. The number of esters is 1. The smallest absolute Gasteiger partial charge is 0.306 e. The highest BCUT2D eigenvalue weighted by Crippen LogP contribution is 2.40. The van der Waals surface area contributed by atoms with Crippen LogP contribution in [0.15, 0.2) is 0 Å². The topological polar surface area (TPSA) is 52.3 Å². The lowest BCUT2D eigenvalue weighted by Crippen LogP contribution is -2.34. The molecule has 16 heavy (non-hydrogen) atoms. The Bertz CT molecular complexity index is 223. The van der Waals surface area contributed by atoms with Crippen LogP contribution in [0, 0.1) is 11.3 Å². The number of methoxy groups -OCH3 is 1. The highest BCUT2D eigenvalue weighted by Gasteiger charge is 2.34. The number of ether oxygens (including phenoxy) is 1. The van der Waals surface area contributed by atoms with Crippen molar-refractivity contribution >= 4 is 18.4 Å². The molecule has 1 aliphatic rings. The zero-order valence-corrected chi connectivity index (χ0v) is 11.3. The van der Waals surface area contributed by atoms with Crippen LogP contribution in [-0.4, -0.2) is 19.1 Å². The van der Waals surface area contributed by atoms with Crippen molar-refractivity contribution in [3.8, 4) is 0 Å². The minimum absolute atomic E-state index is 0. The molecule has 0 amide bonds. The Hall–Kier alpha value is -0.280. The molecule has 0 aromatic carbocycles. The number of nitrogens with two attached hydrogens (primary N) is 1. The molecular formula is C12H24ClNO2. The molecule has 1 rings (SSSR count). The van der Waals surface area contributed by atoms with Crippen LogP contribution in [0.4, 0.5) is 0 Å². The van der Waals surface area contributed by atoms with Crippen LogP contribution < -0.4 is 5.73 Å². The van der Waals surface area contributed by atoms with Crippen LogP contribution in [0.1, 0.15) is 46.0 Å². The van der Waals surface area contributed by atoms with E-state index < -0.39 is 0 Å². The van der Waals surface area contributed by atoms with Crippen molar-refractivity contribution in [1.82, 2.24) is 0 Å². The standard InChI is InChI=1S/C12H23NO2.ClH/c1-12(2,8-11(14)15-3)9-4-6-10(13)7-5-9;/h9-10H,4-8,13H2,1-3H3;1H. The molecule has 0 aliphatic heterocycles. The van der Waals surface area contributed by atoms with E-state index in [2.05, 4.69) is 13.8 Å². The van der Waals surface area contributed by atoms with E-state index in [0.717, 1.165) is 25.7 Å². The van der Waals surface area contributed by atoms with Gasteiger partial charge in [0.1, 0.15) is 0 Å². The van der Waals surface area contributed by atoms with E-state index in [4.69, 9.17) is 10.5 Å². The van der Waals surface area contributed by atoms with Crippen molar-refractivity contribution < 1.29 is 9.53 Å². The summed E-state index contributed by atoms with van der Waals surface area (Å²) in [5, 5.41) is 0. The molecule has 0 spiro atoms. The van der Waals surface area contributed by atoms with Gasteiger partial charge in [0.2, 0.25) is 0 Å². The van der Waals surface area contributed by atoms with Gasteiger partial charge < -0.3 is 10.5 Å². The van der Waals surface area contributed by atoms with Gasteiger partial charge in [-0.1, -0.05) is 13.8 Å². The summed E-state index contributed by atoms with van der Waals surface area (Å²) in [6.07, 6.45) is 4.99. The van der Waals surface area contributed by atoms with Crippen LogP contribution in [-0.2, 0) is 9.53 Å². The lowest BCUT2D eigenvalue weighted by molar-refractivity contribution is -0.144. The lowest BCUT2D eigenvalue weighted by Gasteiger charge is -2.37. The average Bonchev–Trinajstić information content (AvgIpc) is 2.17. The Morgan fingerprint density at radius 3 is 2.25 bits per heavy atom. The molecule has 4 heteroatoms. The second-order valence-electron chi connectivity index (χ2n) is 5.35. The molecule has 1 fully saturated rings. The van der Waals surface area contributed by atoms with Crippen molar-refractivity contribution in [2.75, 3.05) is 7.11 Å². The molecular weight excluding hydrogens is 226 g/mol. The second-order valence-corrected chi connectivity index (χ2v) is 5.35. The van der Waals surface area contributed by atoms with E-state index in [1.165, 1.54) is 7.11 Å². The fraction of sp³-hybridized carbons (Fsp3) is 0.917.